The lowest BCUT2D eigenvalue weighted by Crippen LogP contribution is -2.47. The molecule has 23 heavy (non-hydrogen) atoms. The zero-order valence-electron chi connectivity index (χ0n) is 13.2. The highest BCUT2D eigenvalue weighted by Gasteiger charge is 2.31. The third-order valence-electron chi connectivity index (χ3n) is 4.41. The van der Waals surface area contributed by atoms with Gasteiger partial charge in [0.2, 0.25) is 5.91 Å². The summed E-state index contributed by atoms with van der Waals surface area (Å²) in [6.45, 7) is 2.84. The molecule has 5 nitrogen and oxygen atoms in total. The van der Waals surface area contributed by atoms with Crippen molar-refractivity contribution in [2.45, 2.75) is 45.1 Å². The second kappa shape index (κ2) is 6.71. The molecule has 0 bridgehead atoms. The van der Waals surface area contributed by atoms with E-state index in [1.165, 1.54) is 5.01 Å². The van der Waals surface area contributed by atoms with Crippen molar-refractivity contribution in [3.05, 3.63) is 29.3 Å². The molecule has 3 rings (SSSR count). The summed E-state index contributed by atoms with van der Waals surface area (Å²) in [4.78, 5) is 26.8. The summed E-state index contributed by atoms with van der Waals surface area (Å²) in [5, 5.41) is 6.26. The first-order valence-electron chi connectivity index (χ1n) is 8.03. The first-order valence-corrected chi connectivity index (χ1v) is 8.41. The van der Waals surface area contributed by atoms with Gasteiger partial charge in [-0.2, -0.15) is 5.10 Å². The van der Waals surface area contributed by atoms with Crippen LogP contribution in [0.4, 0.5) is 5.69 Å². The molecule has 1 aromatic carbocycles. The van der Waals surface area contributed by atoms with Gasteiger partial charge in [-0.3, -0.25) is 9.59 Å². The number of hydrogen-bond donors (Lipinski definition) is 0. The van der Waals surface area contributed by atoms with Crippen LogP contribution in [-0.4, -0.2) is 35.0 Å². The van der Waals surface area contributed by atoms with Crippen LogP contribution in [0.3, 0.4) is 0 Å². The van der Waals surface area contributed by atoms with Crippen molar-refractivity contribution in [1.29, 1.82) is 0 Å². The Morgan fingerprint density at radius 3 is 2.65 bits per heavy atom. The molecule has 6 heteroatoms. The number of likely N-dealkylation sites (tertiary alicyclic amines) is 1. The van der Waals surface area contributed by atoms with Gasteiger partial charge in [0, 0.05) is 30.5 Å². The van der Waals surface area contributed by atoms with Gasteiger partial charge in [0.25, 0.3) is 5.91 Å². The predicted molar refractivity (Wildman–Crippen MR) is 90.6 cm³/mol. The maximum atomic E-state index is 12.7. The van der Waals surface area contributed by atoms with Gasteiger partial charge >= 0.3 is 0 Å². The monoisotopic (exact) mass is 333 g/mol. The smallest absolute Gasteiger partial charge is 0.270 e. The molecule has 0 aromatic heterocycles. The van der Waals surface area contributed by atoms with Crippen molar-refractivity contribution in [3.8, 4) is 0 Å². The molecule has 0 aliphatic carbocycles. The van der Waals surface area contributed by atoms with E-state index in [1.807, 2.05) is 4.90 Å². The number of piperidine rings is 1. The molecule has 0 N–H and O–H groups in total. The van der Waals surface area contributed by atoms with E-state index in [0.29, 0.717) is 29.3 Å². The van der Waals surface area contributed by atoms with Gasteiger partial charge in [-0.15, -0.1) is 0 Å². The highest BCUT2D eigenvalue weighted by Crippen LogP contribution is 2.24. The molecule has 122 valence electrons. The molecular formula is C17H20ClN3O2. The van der Waals surface area contributed by atoms with Gasteiger partial charge in [-0.25, -0.2) is 5.01 Å². The van der Waals surface area contributed by atoms with Crippen molar-refractivity contribution in [3.63, 3.8) is 0 Å². The summed E-state index contributed by atoms with van der Waals surface area (Å²) in [5.41, 5.74) is 1.10. The van der Waals surface area contributed by atoms with E-state index < -0.39 is 0 Å². The van der Waals surface area contributed by atoms with Crippen molar-refractivity contribution in [2.24, 2.45) is 5.10 Å². The summed E-state index contributed by atoms with van der Waals surface area (Å²) in [5.74, 6) is -0.140. The van der Waals surface area contributed by atoms with E-state index in [4.69, 9.17) is 11.6 Å². The van der Waals surface area contributed by atoms with Crippen molar-refractivity contribution in [2.75, 3.05) is 11.6 Å². The van der Waals surface area contributed by atoms with Gasteiger partial charge in [0.1, 0.15) is 5.71 Å². The molecule has 2 aliphatic heterocycles. The number of hydrogen-bond acceptors (Lipinski definition) is 3. The lowest BCUT2D eigenvalue weighted by molar-refractivity contribution is -0.127. The molecule has 1 aromatic rings. The molecule has 2 aliphatic rings. The minimum Gasteiger partial charge on any atom is -0.335 e. The van der Waals surface area contributed by atoms with E-state index in [0.717, 1.165) is 25.8 Å². The molecule has 1 saturated heterocycles. The number of halogens is 1. The third kappa shape index (κ3) is 3.39. The molecule has 2 heterocycles. The normalized spacial score (nSPS) is 22.1. The standard InChI is InChI=1S/C17H20ClN3O2/c1-12-4-2-3-11-20(12)17(23)15-9-10-16(22)21(19-15)14-7-5-13(18)6-8-14/h5-8,12H,2-4,9-11H2,1H3/t12-/m1/s1. The van der Waals surface area contributed by atoms with Crippen molar-refractivity contribution < 1.29 is 9.59 Å². The topological polar surface area (TPSA) is 53.0 Å². The average molecular weight is 334 g/mol. The Labute approximate surface area is 140 Å². The van der Waals surface area contributed by atoms with Gasteiger partial charge in [-0.05, 0) is 50.5 Å². The number of amides is 2. The molecule has 2 amide bonds. The SMILES string of the molecule is C[C@@H]1CCCCN1C(=O)C1=NN(c2ccc(Cl)cc2)C(=O)CC1. The second-order valence-corrected chi connectivity index (χ2v) is 6.51. The van der Waals surface area contributed by atoms with Crippen LogP contribution in [0, 0.1) is 0 Å². The van der Waals surface area contributed by atoms with Gasteiger partial charge < -0.3 is 4.90 Å². The molecule has 0 radical (unpaired) electrons. The molecular weight excluding hydrogens is 314 g/mol. The number of rotatable bonds is 2. The Morgan fingerprint density at radius 2 is 1.96 bits per heavy atom. The van der Waals surface area contributed by atoms with E-state index in [1.54, 1.807) is 24.3 Å². The van der Waals surface area contributed by atoms with Gasteiger partial charge in [0.05, 0.1) is 5.69 Å². The number of hydrazone groups is 1. The fourth-order valence-electron chi connectivity index (χ4n) is 3.06. The lowest BCUT2D eigenvalue weighted by Gasteiger charge is -2.34. The zero-order valence-corrected chi connectivity index (χ0v) is 13.9. The summed E-state index contributed by atoms with van der Waals surface area (Å²) in [7, 11) is 0. The number of benzene rings is 1. The molecule has 0 saturated carbocycles. The Bertz CT molecular complexity index is 642. The van der Waals surface area contributed by atoms with Crippen LogP contribution < -0.4 is 5.01 Å². The summed E-state index contributed by atoms with van der Waals surface area (Å²) >= 11 is 5.88. The Morgan fingerprint density at radius 1 is 1.22 bits per heavy atom. The Kier molecular flexibility index (Phi) is 4.66. The van der Waals surface area contributed by atoms with Crippen LogP contribution in [0.5, 0.6) is 0 Å². The molecule has 0 unspecified atom stereocenters. The molecule has 1 atom stereocenters. The number of carbonyl (C=O) groups excluding carboxylic acids is 2. The van der Waals surface area contributed by atoms with Crippen LogP contribution in [0.1, 0.15) is 39.0 Å². The van der Waals surface area contributed by atoms with E-state index in [9.17, 15) is 9.59 Å². The van der Waals surface area contributed by atoms with Gasteiger partial charge in [0.15, 0.2) is 0 Å². The van der Waals surface area contributed by atoms with Crippen LogP contribution in [-0.2, 0) is 9.59 Å². The molecule has 1 fully saturated rings. The maximum absolute atomic E-state index is 12.7. The maximum Gasteiger partial charge on any atom is 0.270 e. The summed E-state index contributed by atoms with van der Waals surface area (Å²) in [6.07, 6.45) is 3.93. The van der Waals surface area contributed by atoms with Gasteiger partial charge in [-0.1, -0.05) is 11.6 Å². The van der Waals surface area contributed by atoms with E-state index in [2.05, 4.69) is 12.0 Å². The Balaban J connectivity index is 1.84. The van der Waals surface area contributed by atoms with Crippen LogP contribution in [0.25, 0.3) is 0 Å². The number of nitrogens with zero attached hydrogens (tertiary/aromatic N) is 3. The van der Waals surface area contributed by atoms with Crippen molar-refractivity contribution >= 4 is 34.8 Å². The van der Waals surface area contributed by atoms with Crippen LogP contribution in [0.15, 0.2) is 29.4 Å². The Hall–Kier alpha value is -1.88. The largest absolute Gasteiger partial charge is 0.335 e. The van der Waals surface area contributed by atoms with Crippen LogP contribution >= 0.6 is 11.6 Å². The summed E-state index contributed by atoms with van der Waals surface area (Å²) in [6, 6.07) is 7.13. The minimum atomic E-state index is -0.101. The average Bonchev–Trinajstić information content (AvgIpc) is 2.56. The predicted octanol–water partition coefficient (Wildman–Crippen LogP) is 3.22. The number of carbonyl (C=O) groups is 2. The summed E-state index contributed by atoms with van der Waals surface area (Å²) < 4.78 is 0. The van der Waals surface area contributed by atoms with Crippen LogP contribution in [0.2, 0.25) is 5.02 Å². The van der Waals surface area contributed by atoms with Crippen molar-refractivity contribution in [1.82, 2.24) is 4.90 Å². The molecule has 0 spiro atoms. The van der Waals surface area contributed by atoms with E-state index in [-0.39, 0.29) is 17.9 Å². The number of anilines is 1. The lowest BCUT2D eigenvalue weighted by atomic mass is 10.0. The quantitative estimate of drug-likeness (QED) is 0.834. The minimum absolute atomic E-state index is 0.0383. The van der Waals surface area contributed by atoms with E-state index >= 15 is 0 Å². The highest BCUT2D eigenvalue weighted by molar-refractivity contribution is 6.40. The highest BCUT2D eigenvalue weighted by atomic mass is 35.5. The second-order valence-electron chi connectivity index (χ2n) is 6.07. The first kappa shape index (κ1) is 16.0. The first-order chi connectivity index (χ1) is 11.1. The fraction of sp³-hybridized carbons (Fsp3) is 0.471. The third-order valence-corrected chi connectivity index (χ3v) is 4.67. The fourth-order valence-corrected chi connectivity index (χ4v) is 3.18. The zero-order chi connectivity index (χ0) is 16.4.